The molecule has 4 aromatic rings. The molecule has 0 saturated carbocycles. The summed E-state index contributed by atoms with van der Waals surface area (Å²) in [5.74, 6) is 0.659. The number of ether oxygens (including phenoxy) is 1. The molecule has 2 N–H and O–H groups in total. The molecule has 0 aliphatic heterocycles. The van der Waals surface area contributed by atoms with Gasteiger partial charge in [-0.1, -0.05) is 84.9 Å². The molecule has 0 saturated heterocycles. The van der Waals surface area contributed by atoms with Crippen LogP contribution in [0.3, 0.4) is 0 Å². The van der Waals surface area contributed by atoms with E-state index in [1.807, 2.05) is 62.4 Å². The maximum Gasteiger partial charge on any atom is 0.408 e. The Morgan fingerprint density at radius 3 is 2.13 bits per heavy atom. The van der Waals surface area contributed by atoms with Gasteiger partial charge in [-0.25, -0.2) is 9.78 Å². The van der Waals surface area contributed by atoms with Crippen molar-refractivity contribution in [1.82, 2.24) is 15.3 Å². The number of carbonyl (C=O) groups excluding carboxylic acids is 1. The highest BCUT2D eigenvalue weighted by Crippen LogP contribution is 2.26. The Morgan fingerprint density at radius 2 is 1.45 bits per heavy atom. The monoisotopic (exact) mass is 411 g/mol. The first kappa shape index (κ1) is 20.4. The molecule has 1 aromatic heterocycles. The van der Waals surface area contributed by atoms with E-state index in [2.05, 4.69) is 51.7 Å². The minimum atomic E-state index is -0.712. The third kappa shape index (κ3) is 5.01. The molecule has 0 aliphatic rings. The molecule has 4 rings (SSSR count). The minimum absolute atomic E-state index is 0.222. The minimum Gasteiger partial charge on any atom is -0.445 e. The summed E-state index contributed by atoms with van der Waals surface area (Å²) in [5, 5.41) is 2.88. The molecule has 0 spiro atoms. The number of alkyl carbamates (subject to hydrolysis) is 1. The summed E-state index contributed by atoms with van der Waals surface area (Å²) in [7, 11) is 0. The van der Waals surface area contributed by atoms with E-state index in [9.17, 15) is 4.79 Å². The van der Waals surface area contributed by atoms with Gasteiger partial charge in [0.1, 0.15) is 12.4 Å². The van der Waals surface area contributed by atoms with Crippen LogP contribution in [-0.4, -0.2) is 16.1 Å². The predicted octanol–water partition coefficient (Wildman–Crippen LogP) is 5.91. The number of carbonyl (C=O) groups is 1. The fourth-order valence-corrected chi connectivity index (χ4v) is 3.33. The molecule has 5 nitrogen and oxygen atoms in total. The Bertz CT molecular complexity index is 1130. The van der Waals surface area contributed by atoms with Crippen LogP contribution in [0.15, 0.2) is 91.1 Å². The van der Waals surface area contributed by atoms with Gasteiger partial charge in [0.2, 0.25) is 0 Å². The number of hydrogen-bond acceptors (Lipinski definition) is 3. The highest BCUT2D eigenvalue weighted by Gasteiger charge is 2.27. The highest BCUT2D eigenvalue weighted by molar-refractivity contribution is 5.69. The van der Waals surface area contributed by atoms with Crippen molar-refractivity contribution >= 4 is 6.09 Å². The van der Waals surface area contributed by atoms with Crippen LogP contribution >= 0.6 is 0 Å². The average Bonchev–Trinajstić information content (AvgIpc) is 3.30. The van der Waals surface area contributed by atoms with Gasteiger partial charge in [0, 0.05) is 0 Å². The fourth-order valence-electron chi connectivity index (χ4n) is 3.33. The Labute approximate surface area is 182 Å². The predicted molar refractivity (Wildman–Crippen MR) is 122 cm³/mol. The fraction of sp³-hybridized carbons (Fsp3) is 0.154. The van der Waals surface area contributed by atoms with Crippen molar-refractivity contribution in [2.75, 3.05) is 0 Å². The molecule has 0 radical (unpaired) electrons. The molecule has 0 bridgehead atoms. The first-order valence-corrected chi connectivity index (χ1v) is 10.2. The van der Waals surface area contributed by atoms with Crippen molar-refractivity contribution in [2.24, 2.45) is 0 Å². The zero-order valence-corrected chi connectivity index (χ0v) is 17.6. The van der Waals surface area contributed by atoms with Gasteiger partial charge in [-0.2, -0.15) is 0 Å². The summed E-state index contributed by atoms with van der Waals surface area (Å²) in [4.78, 5) is 20.1. The molecule has 1 heterocycles. The zero-order chi connectivity index (χ0) is 21.7. The van der Waals surface area contributed by atoms with E-state index in [1.54, 1.807) is 6.20 Å². The molecule has 156 valence electrons. The third-order valence-corrected chi connectivity index (χ3v) is 5.10. The molecule has 0 aliphatic carbocycles. The smallest absolute Gasteiger partial charge is 0.408 e. The van der Waals surface area contributed by atoms with Gasteiger partial charge in [0.15, 0.2) is 0 Å². The van der Waals surface area contributed by atoms with Crippen LogP contribution in [0.2, 0.25) is 0 Å². The Kier molecular flexibility index (Phi) is 5.85. The van der Waals surface area contributed by atoms with Crippen LogP contribution < -0.4 is 5.32 Å². The van der Waals surface area contributed by atoms with Crippen LogP contribution in [0.5, 0.6) is 0 Å². The molecule has 0 fully saturated rings. The molecule has 0 unspecified atom stereocenters. The lowest BCUT2D eigenvalue weighted by molar-refractivity contribution is 0.128. The summed E-state index contributed by atoms with van der Waals surface area (Å²) in [5.41, 5.74) is 4.49. The first-order valence-electron chi connectivity index (χ1n) is 10.2. The van der Waals surface area contributed by atoms with Crippen LogP contribution in [-0.2, 0) is 16.9 Å². The maximum absolute atomic E-state index is 12.3. The standard InChI is InChI=1S/C26H25N3O2/c1-26(2,29-25(30)31-18-19-9-5-3-6-10-19)24-27-17-23(28-24)22-15-13-21(14-16-22)20-11-7-4-8-12-20/h3-17H,18H2,1-2H3,(H,27,28)(H,29,30). The van der Waals surface area contributed by atoms with Crippen molar-refractivity contribution in [3.8, 4) is 22.4 Å². The van der Waals surface area contributed by atoms with Crippen LogP contribution in [0, 0.1) is 0 Å². The van der Waals surface area contributed by atoms with Crippen molar-refractivity contribution in [1.29, 1.82) is 0 Å². The van der Waals surface area contributed by atoms with Gasteiger partial charge in [-0.3, -0.25) is 0 Å². The lowest BCUT2D eigenvalue weighted by atomic mass is 10.0. The first-order chi connectivity index (χ1) is 15.0. The van der Waals surface area contributed by atoms with Gasteiger partial charge in [0.05, 0.1) is 17.4 Å². The van der Waals surface area contributed by atoms with Gasteiger partial charge >= 0.3 is 6.09 Å². The van der Waals surface area contributed by atoms with Crippen molar-refractivity contribution in [2.45, 2.75) is 26.0 Å². The van der Waals surface area contributed by atoms with E-state index >= 15 is 0 Å². The van der Waals surface area contributed by atoms with Crippen LogP contribution in [0.1, 0.15) is 25.2 Å². The normalized spacial score (nSPS) is 11.2. The van der Waals surface area contributed by atoms with Crippen molar-refractivity contribution in [3.05, 3.63) is 103 Å². The molecular formula is C26H25N3O2. The zero-order valence-electron chi connectivity index (χ0n) is 17.6. The third-order valence-electron chi connectivity index (χ3n) is 5.10. The van der Waals surface area contributed by atoms with Crippen molar-refractivity contribution < 1.29 is 9.53 Å². The number of nitrogens with one attached hydrogen (secondary N) is 2. The highest BCUT2D eigenvalue weighted by atomic mass is 16.5. The second-order valence-electron chi connectivity index (χ2n) is 7.90. The van der Waals surface area contributed by atoms with E-state index in [1.165, 1.54) is 5.56 Å². The van der Waals surface area contributed by atoms with Gasteiger partial charge in [-0.05, 0) is 36.1 Å². The number of hydrogen-bond donors (Lipinski definition) is 2. The number of aromatic nitrogens is 2. The van der Waals surface area contributed by atoms with E-state index in [0.717, 1.165) is 22.4 Å². The van der Waals surface area contributed by atoms with E-state index < -0.39 is 11.6 Å². The topological polar surface area (TPSA) is 67.0 Å². The summed E-state index contributed by atoms with van der Waals surface area (Å²) in [6.07, 6.45) is 1.30. The summed E-state index contributed by atoms with van der Waals surface area (Å²) < 4.78 is 5.34. The largest absolute Gasteiger partial charge is 0.445 e. The molecule has 0 atom stereocenters. The lowest BCUT2D eigenvalue weighted by Crippen LogP contribution is -2.42. The van der Waals surface area contributed by atoms with Gasteiger partial charge in [0.25, 0.3) is 0 Å². The SMILES string of the molecule is CC(C)(NC(=O)OCc1ccccc1)c1ncc(-c2ccc(-c3ccccc3)cc2)[nH]1. The number of H-pyrrole nitrogens is 1. The Balaban J connectivity index is 1.41. The maximum atomic E-state index is 12.3. The van der Waals surface area contributed by atoms with Crippen LogP contribution in [0.4, 0.5) is 4.79 Å². The average molecular weight is 412 g/mol. The summed E-state index contributed by atoms with van der Waals surface area (Å²) >= 11 is 0. The van der Waals surface area contributed by atoms with Gasteiger partial charge < -0.3 is 15.0 Å². The van der Waals surface area contributed by atoms with Crippen LogP contribution in [0.25, 0.3) is 22.4 Å². The van der Waals surface area contributed by atoms with Crippen molar-refractivity contribution in [3.63, 3.8) is 0 Å². The molecule has 1 amide bonds. The second-order valence-corrected chi connectivity index (χ2v) is 7.90. The Hall–Kier alpha value is -3.86. The number of aromatic amines is 1. The molecule has 3 aromatic carbocycles. The van der Waals surface area contributed by atoms with E-state index in [4.69, 9.17) is 4.74 Å². The number of amides is 1. The number of nitrogens with zero attached hydrogens (tertiary/aromatic N) is 1. The number of benzene rings is 3. The lowest BCUT2D eigenvalue weighted by Gasteiger charge is -2.23. The summed E-state index contributed by atoms with van der Waals surface area (Å²) in [6.45, 7) is 4.00. The number of imidazole rings is 1. The summed E-state index contributed by atoms with van der Waals surface area (Å²) in [6, 6.07) is 28.2. The van der Waals surface area contributed by atoms with Gasteiger partial charge in [-0.15, -0.1) is 0 Å². The Morgan fingerprint density at radius 1 is 0.871 bits per heavy atom. The molecular weight excluding hydrogens is 386 g/mol. The van der Waals surface area contributed by atoms with E-state index in [0.29, 0.717) is 5.82 Å². The van der Waals surface area contributed by atoms with E-state index in [-0.39, 0.29) is 6.61 Å². The second kappa shape index (κ2) is 8.88. The number of rotatable bonds is 6. The quantitative estimate of drug-likeness (QED) is 0.415. The molecule has 5 heteroatoms. The molecule has 31 heavy (non-hydrogen) atoms.